The smallest absolute Gasteiger partial charge is 0.171 e. The van der Waals surface area contributed by atoms with E-state index in [4.69, 9.17) is 21.7 Å². The zero-order chi connectivity index (χ0) is 16.7. The van der Waals surface area contributed by atoms with E-state index >= 15 is 0 Å². The Kier molecular flexibility index (Phi) is 6.17. The molecule has 6 heteroatoms. The van der Waals surface area contributed by atoms with Crippen molar-refractivity contribution in [2.75, 3.05) is 26.1 Å². The Morgan fingerprint density at radius 2 is 2.04 bits per heavy atom. The molecule has 2 rings (SSSR count). The second-order valence-corrected chi connectivity index (χ2v) is 5.39. The van der Waals surface area contributed by atoms with Gasteiger partial charge in [0.1, 0.15) is 17.3 Å². The van der Waals surface area contributed by atoms with Crippen LogP contribution in [0.4, 0.5) is 5.82 Å². The highest BCUT2D eigenvalue weighted by atomic mass is 32.1. The predicted molar refractivity (Wildman–Crippen MR) is 96.4 cm³/mol. The van der Waals surface area contributed by atoms with Gasteiger partial charge in [0.2, 0.25) is 0 Å². The average Bonchev–Trinajstić information content (AvgIpc) is 2.57. The Bertz CT molecular complexity index is 677. The van der Waals surface area contributed by atoms with Gasteiger partial charge >= 0.3 is 0 Å². The summed E-state index contributed by atoms with van der Waals surface area (Å²) in [4.78, 5) is 4.26. The molecule has 0 spiro atoms. The first-order valence-corrected chi connectivity index (χ1v) is 7.72. The van der Waals surface area contributed by atoms with Crippen LogP contribution < -0.4 is 20.1 Å². The lowest BCUT2D eigenvalue weighted by molar-refractivity contribution is 0.391. The standard InChI is InChI=1S/C17H21N3O2S/c1-12-5-4-9-18-16(12)20-17(23)19-10-8-13-6-7-14(21-2)11-15(13)22-3/h4-7,9,11H,8,10H2,1-3H3,(H2,18,19,20,23). The summed E-state index contributed by atoms with van der Waals surface area (Å²) in [6, 6.07) is 9.68. The predicted octanol–water partition coefficient (Wildman–Crippen LogP) is 2.94. The number of nitrogens with one attached hydrogen (secondary N) is 2. The van der Waals surface area contributed by atoms with Crippen molar-refractivity contribution in [2.24, 2.45) is 0 Å². The molecule has 1 heterocycles. The molecule has 2 aromatic rings. The normalized spacial score (nSPS) is 10.0. The second kappa shape index (κ2) is 8.33. The van der Waals surface area contributed by atoms with Crippen LogP contribution in [0.25, 0.3) is 0 Å². The van der Waals surface area contributed by atoms with Crippen LogP contribution in [0, 0.1) is 6.92 Å². The Labute approximate surface area is 142 Å². The number of nitrogens with zero attached hydrogens (tertiary/aromatic N) is 1. The van der Waals surface area contributed by atoms with Crippen LogP contribution in [0.15, 0.2) is 36.5 Å². The summed E-state index contributed by atoms with van der Waals surface area (Å²) in [7, 11) is 3.29. The molecule has 122 valence electrons. The highest BCUT2D eigenvalue weighted by molar-refractivity contribution is 7.80. The van der Waals surface area contributed by atoms with Gasteiger partial charge in [-0.25, -0.2) is 4.98 Å². The van der Waals surface area contributed by atoms with Crippen LogP contribution in [0.1, 0.15) is 11.1 Å². The molecule has 1 aromatic heterocycles. The fraction of sp³-hybridized carbons (Fsp3) is 0.294. The van der Waals surface area contributed by atoms with Crippen molar-refractivity contribution in [1.82, 2.24) is 10.3 Å². The van der Waals surface area contributed by atoms with Gasteiger partial charge < -0.3 is 20.1 Å². The van der Waals surface area contributed by atoms with E-state index in [0.717, 1.165) is 34.9 Å². The minimum absolute atomic E-state index is 0.555. The number of ether oxygens (including phenoxy) is 2. The number of aryl methyl sites for hydroxylation is 1. The number of rotatable bonds is 6. The number of aromatic nitrogens is 1. The summed E-state index contributed by atoms with van der Waals surface area (Å²) in [5.74, 6) is 2.36. The number of hydrogen-bond donors (Lipinski definition) is 2. The molecule has 0 amide bonds. The molecule has 0 aliphatic rings. The molecule has 23 heavy (non-hydrogen) atoms. The van der Waals surface area contributed by atoms with Crippen molar-refractivity contribution >= 4 is 23.1 Å². The molecule has 0 unspecified atom stereocenters. The fourth-order valence-electron chi connectivity index (χ4n) is 2.14. The van der Waals surface area contributed by atoms with Crippen molar-refractivity contribution in [3.05, 3.63) is 47.7 Å². The zero-order valence-corrected chi connectivity index (χ0v) is 14.4. The lowest BCUT2D eigenvalue weighted by atomic mass is 10.1. The Morgan fingerprint density at radius 1 is 1.22 bits per heavy atom. The van der Waals surface area contributed by atoms with E-state index in [1.54, 1.807) is 20.4 Å². The van der Waals surface area contributed by atoms with Gasteiger partial charge in [-0.15, -0.1) is 0 Å². The highest BCUT2D eigenvalue weighted by Gasteiger charge is 2.06. The first-order valence-electron chi connectivity index (χ1n) is 7.31. The minimum atomic E-state index is 0.555. The minimum Gasteiger partial charge on any atom is -0.497 e. The maximum atomic E-state index is 5.39. The van der Waals surface area contributed by atoms with Gasteiger partial charge in [0.05, 0.1) is 14.2 Å². The SMILES string of the molecule is COc1ccc(CCNC(=S)Nc2ncccc2C)c(OC)c1. The molecule has 1 aromatic carbocycles. The van der Waals surface area contributed by atoms with Gasteiger partial charge in [-0.2, -0.15) is 0 Å². The Hall–Kier alpha value is -2.34. The van der Waals surface area contributed by atoms with Gasteiger partial charge in [-0.3, -0.25) is 0 Å². The van der Waals surface area contributed by atoms with Crippen molar-refractivity contribution < 1.29 is 9.47 Å². The maximum Gasteiger partial charge on any atom is 0.171 e. The molecular weight excluding hydrogens is 310 g/mol. The van der Waals surface area contributed by atoms with Gasteiger partial charge in [-0.1, -0.05) is 12.1 Å². The number of hydrogen-bond acceptors (Lipinski definition) is 4. The lowest BCUT2D eigenvalue weighted by Gasteiger charge is -2.13. The summed E-state index contributed by atoms with van der Waals surface area (Å²) < 4.78 is 10.6. The third-order valence-corrected chi connectivity index (χ3v) is 3.66. The summed E-state index contributed by atoms with van der Waals surface area (Å²) in [6.07, 6.45) is 2.52. The lowest BCUT2D eigenvalue weighted by Crippen LogP contribution is -2.30. The topological polar surface area (TPSA) is 55.4 Å². The Morgan fingerprint density at radius 3 is 2.74 bits per heavy atom. The van der Waals surface area contributed by atoms with Crippen molar-refractivity contribution in [3.63, 3.8) is 0 Å². The van der Waals surface area contributed by atoms with Gasteiger partial charge in [0.25, 0.3) is 0 Å². The molecule has 0 saturated carbocycles. The van der Waals surface area contributed by atoms with E-state index in [2.05, 4.69) is 15.6 Å². The maximum absolute atomic E-state index is 5.39. The molecule has 0 radical (unpaired) electrons. The van der Waals surface area contributed by atoms with Crippen LogP contribution in [0.3, 0.4) is 0 Å². The zero-order valence-electron chi connectivity index (χ0n) is 13.6. The molecule has 2 N–H and O–H groups in total. The molecule has 0 aliphatic carbocycles. The van der Waals surface area contributed by atoms with Crippen LogP contribution in [0.5, 0.6) is 11.5 Å². The molecule has 0 saturated heterocycles. The monoisotopic (exact) mass is 331 g/mol. The van der Waals surface area contributed by atoms with E-state index in [1.807, 2.05) is 37.3 Å². The second-order valence-electron chi connectivity index (χ2n) is 4.98. The van der Waals surface area contributed by atoms with Crippen LogP contribution in [0.2, 0.25) is 0 Å². The van der Waals surface area contributed by atoms with E-state index in [1.165, 1.54) is 0 Å². The Balaban J connectivity index is 1.87. The molecule has 5 nitrogen and oxygen atoms in total. The van der Waals surface area contributed by atoms with E-state index in [-0.39, 0.29) is 0 Å². The van der Waals surface area contributed by atoms with Crippen molar-refractivity contribution in [3.8, 4) is 11.5 Å². The van der Waals surface area contributed by atoms with Crippen LogP contribution in [-0.4, -0.2) is 30.9 Å². The number of methoxy groups -OCH3 is 2. The van der Waals surface area contributed by atoms with Crippen LogP contribution in [-0.2, 0) is 6.42 Å². The molecule has 0 bridgehead atoms. The van der Waals surface area contributed by atoms with Gasteiger partial charge in [0, 0.05) is 18.8 Å². The first-order chi connectivity index (χ1) is 11.1. The average molecular weight is 331 g/mol. The summed E-state index contributed by atoms with van der Waals surface area (Å²) in [6.45, 7) is 2.68. The van der Waals surface area contributed by atoms with Gasteiger partial charge in [-0.05, 0) is 48.8 Å². The quantitative estimate of drug-likeness (QED) is 0.794. The van der Waals surface area contributed by atoms with E-state index < -0.39 is 0 Å². The summed E-state index contributed by atoms with van der Waals surface area (Å²) in [5, 5.41) is 6.84. The van der Waals surface area contributed by atoms with Crippen LogP contribution >= 0.6 is 12.2 Å². The third-order valence-electron chi connectivity index (χ3n) is 3.42. The van der Waals surface area contributed by atoms with Crippen molar-refractivity contribution in [2.45, 2.75) is 13.3 Å². The molecular formula is C17H21N3O2S. The number of thiocarbonyl (C=S) groups is 1. The fourth-order valence-corrected chi connectivity index (χ4v) is 2.34. The van der Waals surface area contributed by atoms with Crippen molar-refractivity contribution in [1.29, 1.82) is 0 Å². The summed E-state index contributed by atoms with van der Waals surface area (Å²) in [5.41, 5.74) is 2.14. The summed E-state index contributed by atoms with van der Waals surface area (Å²) >= 11 is 5.30. The van der Waals surface area contributed by atoms with Gasteiger partial charge in [0.15, 0.2) is 5.11 Å². The molecule has 0 atom stereocenters. The van der Waals surface area contributed by atoms with E-state index in [0.29, 0.717) is 11.7 Å². The largest absolute Gasteiger partial charge is 0.497 e. The highest BCUT2D eigenvalue weighted by Crippen LogP contribution is 2.24. The number of pyridine rings is 1. The van der Waals surface area contributed by atoms with E-state index in [9.17, 15) is 0 Å². The first kappa shape index (κ1) is 17.0. The number of benzene rings is 1. The molecule has 0 fully saturated rings. The molecule has 0 aliphatic heterocycles. The number of anilines is 1. The third kappa shape index (κ3) is 4.82.